The minimum atomic E-state index is -4.73. The maximum atomic E-state index is 13.8. The van der Waals surface area contributed by atoms with Gasteiger partial charge >= 0.3 is 6.18 Å². The third kappa shape index (κ3) is 3.18. The van der Waals surface area contributed by atoms with E-state index in [9.17, 15) is 18.0 Å². The van der Waals surface area contributed by atoms with E-state index in [1.54, 1.807) is 19.1 Å². The summed E-state index contributed by atoms with van der Waals surface area (Å²) in [6.45, 7) is 3.71. The number of hydrazone groups is 1. The van der Waals surface area contributed by atoms with Crippen LogP contribution in [0, 0.1) is 0 Å². The van der Waals surface area contributed by atoms with E-state index in [0.29, 0.717) is 30.5 Å². The van der Waals surface area contributed by atoms with Crippen LogP contribution in [0.15, 0.2) is 40.6 Å². The second kappa shape index (κ2) is 7.05. The third-order valence-corrected chi connectivity index (χ3v) is 7.01. The fourth-order valence-electron chi connectivity index (χ4n) is 4.44. The summed E-state index contributed by atoms with van der Waals surface area (Å²) in [7, 11) is 0. The van der Waals surface area contributed by atoms with Gasteiger partial charge in [-0.1, -0.05) is 23.5 Å². The second-order valence-corrected chi connectivity index (χ2v) is 8.80. The fourth-order valence-corrected chi connectivity index (χ4v) is 5.36. The number of aromatic nitrogens is 1. The lowest BCUT2D eigenvalue weighted by atomic mass is 10.1. The van der Waals surface area contributed by atoms with Gasteiger partial charge in [-0.2, -0.15) is 23.3 Å². The van der Waals surface area contributed by atoms with Crippen LogP contribution in [0.3, 0.4) is 0 Å². The Bertz CT molecular complexity index is 1040. The average Bonchev–Trinajstić information content (AvgIpc) is 3.42. The van der Waals surface area contributed by atoms with Crippen LogP contribution in [0.1, 0.15) is 26.2 Å². The summed E-state index contributed by atoms with van der Waals surface area (Å²) < 4.78 is 42.3. The predicted molar refractivity (Wildman–Crippen MR) is 109 cm³/mol. The number of carbonyl (C=O) groups is 1. The number of halogens is 3. The molecule has 2 fully saturated rings. The molecular formula is C20H20F3N5OS. The molecule has 0 aliphatic carbocycles. The van der Waals surface area contributed by atoms with Gasteiger partial charge in [0.2, 0.25) is 5.13 Å². The van der Waals surface area contributed by atoms with Crippen molar-refractivity contribution in [1.82, 2.24) is 14.8 Å². The van der Waals surface area contributed by atoms with Crippen LogP contribution < -0.4 is 5.01 Å². The van der Waals surface area contributed by atoms with Crippen LogP contribution in [0.25, 0.3) is 10.2 Å². The van der Waals surface area contributed by atoms with Crippen molar-refractivity contribution in [1.29, 1.82) is 0 Å². The van der Waals surface area contributed by atoms with Crippen molar-refractivity contribution in [2.24, 2.45) is 5.10 Å². The Hall–Kier alpha value is -2.46. The van der Waals surface area contributed by atoms with Crippen LogP contribution >= 0.6 is 11.3 Å². The highest BCUT2D eigenvalue weighted by molar-refractivity contribution is 7.22. The molecule has 2 aromatic rings. The molecule has 0 spiro atoms. The Morgan fingerprint density at radius 3 is 2.77 bits per heavy atom. The number of carbonyl (C=O) groups excluding carboxylic acids is 1. The molecule has 0 bridgehead atoms. The molecule has 1 amide bonds. The minimum Gasteiger partial charge on any atom is -0.361 e. The van der Waals surface area contributed by atoms with E-state index in [4.69, 9.17) is 0 Å². The van der Waals surface area contributed by atoms with Crippen LogP contribution in [0.2, 0.25) is 0 Å². The number of hydrogen-bond acceptors (Lipinski definition) is 6. The van der Waals surface area contributed by atoms with E-state index in [0.717, 1.165) is 46.9 Å². The number of hydrogen-bond donors (Lipinski definition) is 0. The van der Waals surface area contributed by atoms with Gasteiger partial charge in [0.1, 0.15) is 0 Å². The molecule has 3 aliphatic heterocycles. The summed E-state index contributed by atoms with van der Waals surface area (Å²) in [5.41, 5.74) is -0.573. The Balaban J connectivity index is 1.53. The molecule has 0 radical (unpaired) electrons. The summed E-state index contributed by atoms with van der Waals surface area (Å²) >= 11 is 1.15. The third-order valence-electron chi connectivity index (χ3n) is 6.00. The van der Waals surface area contributed by atoms with Crippen molar-refractivity contribution < 1.29 is 18.0 Å². The molecule has 2 saturated heterocycles. The molecular weight excluding hydrogens is 415 g/mol. The van der Waals surface area contributed by atoms with Gasteiger partial charge in [-0.05, 0) is 38.3 Å². The zero-order chi connectivity index (χ0) is 21.0. The number of amides is 1. The minimum absolute atomic E-state index is 0.143. The molecule has 30 heavy (non-hydrogen) atoms. The molecule has 158 valence electrons. The predicted octanol–water partition coefficient (Wildman–Crippen LogP) is 3.96. The van der Waals surface area contributed by atoms with Crippen LogP contribution in [-0.4, -0.2) is 58.4 Å². The first-order valence-electron chi connectivity index (χ1n) is 9.89. The quantitative estimate of drug-likeness (QED) is 0.670. The lowest BCUT2D eigenvalue weighted by Gasteiger charge is -2.39. The van der Waals surface area contributed by atoms with Crippen molar-refractivity contribution in [3.05, 3.63) is 35.5 Å². The fraction of sp³-hybridized carbons (Fsp3) is 0.450. The number of nitrogens with zero attached hydrogens (tertiary/aromatic N) is 5. The number of thiazole rings is 1. The normalized spacial score (nSPS) is 24.6. The maximum absolute atomic E-state index is 13.8. The van der Waals surface area contributed by atoms with Crippen molar-refractivity contribution in [2.75, 3.05) is 24.8 Å². The molecule has 5 rings (SSSR count). The lowest BCUT2D eigenvalue weighted by Crippen LogP contribution is -2.47. The van der Waals surface area contributed by atoms with E-state index in [1.165, 1.54) is 0 Å². The second-order valence-electron chi connectivity index (χ2n) is 7.79. The molecule has 1 aromatic heterocycles. The van der Waals surface area contributed by atoms with Crippen molar-refractivity contribution in [3.63, 3.8) is 0 Å². The zero-order valence-electron chi connectivity index (χ0n) is 16.3. The zero-order valence-corrected chi connectivity index (χ0v) is 17.1. The molecule has 4 heterocycles. The van der Waals surface area contributed by atoms with E-state index in [-0.39, 0.29) is 10.7 Å². The van der Waals surface area contributed by atoms with Crippen LogP contribution in [0.4, 0.5) is 18.3 Å². The van der Waals surface area contributed by atoms with Gasteiger partial charge in [-0.15, -0.1) is 0 Å². The first-order chi connectivity index (χ1) is 14.3. The largest absolute Gasteiger partial charge is 0.436 e. The van der Waals surface area contributed by atoms with Crippen LogP contribution in [0.5, 0.6) is 0 Å². The van der Waals surface area contributed by atoms with Crippen molar-refractivity contribution in [3.8, 4) is 0 Å². The molecule has 1 aromatic carbocycles. The summed E-state index contributed by atoms with van der Waals surface area (Å²) in [5.74, 6) is -0.776. The number of para-hydroxylation sites is 1. The monoisotopic (exact) mass is 435 g/mol. The molecule has 0 saturated carbocycles. The van der Waals surface area contributed by atoms with Crippen molar-refractivity contribution >= 4 is 38.3 Å². The SMILES string of the molecule is CC(=C1C(=O)N(c2nc3ccccc3s2)N=C1C(F)(F)F)N1CCC2CCCN2C1. The number of allylic oxidation sites excluding steroid dienone is 1. The molecule has 6 nitrogen and oxygen atoms in total. The summed E-state index contributed by atoms with van der Waals surface area (Å²) in [6, 6.07) is 7.67. The highest BCUT2D eigenvalue weighted by atomic mass is 32.1. The van der Waals surface area contributed by atoms with Crippen LogP contribution in [-0.2, 0) is 4.79 Å². The Kier molecular flexibility index (Phi) is 4.59. The number of benzene rings is 1. The summed E-state index contributed by atoms with van der Waals surface area (Å²) in [4.78, 5) is 21.6. The van der Waals surface area contributed by atoms with Gasteiger partial charge in [-0.25, -0.2) is 4.98 Å². The number of anilines is 1. The Morgan fingerprint density at radius 1 is 1.20 bits per heavy atom. The first-order valence-corrected chi connectivity index (χ1v) is 10.7. The summed E-state index contributed by atoms with van der Waals surface area (Å²) in [6.07, 6.45) is -1.61. The van der Waals surface area contributed by atoms with Gasteiger partial charge in [0.15, 0.2) is 5.71 Å². The first kappa shape index (κ1) is 19.5. The molecule has 1 unspecified atom stereocenters. The van der Waals surface area contributed by atoms with Gasteiger partial charge < -0.3 is 4.90 Å². The highest BCUT2D eigenvalue weighted by Gasteiger charge is 2.49. The Labute approximate surface area is 175 Å². The lowest BCUT2D eigenvalue weighted by molar-refractivity contribution is -0.114. The molecule has 10 heteroatoms. The number of rotatable bonds is 2. The van der Waals surface area contributed by atoms with Gasteiger partial charge in [0.05, 0.1) is 22.5 Å². The number of alkyl halides is 3. The maximum Gasteiger partial charge on any atom is 0.436 e. The highest BCUT2D eigenvalue weighted by Crippen LogP contribution is 2.37. The van der Waals surface area contributed by atoms with Gasteiger partial charge in [0, 0.05) is 24.8 Å². The van der Waals surface area contributed by atoms with Gasteiger partial charge in [0.25, 0.3) is 5.91 Å². The molecule has 1 atom stereocenters. The Morgan fingerprint density at radius 2 is 2.00 bits per heavy atom. The number of fused-ring (bicyclic) bond motifs is 2. The van der Waals surface area contributed by atoms with E-state index in [1.807, 2.05) is 17.0 Å². The standard InChI is InChI=1S/C20H20F3N5OS/c1-12(26-10-8-13-5-4-9-27(13)11-26)16-17(20(21,22)23)25-28(18(16)29)19-24-14-6-2-3-7-15(14)30-19/h2-3,6-7,13H,4-5,8-11H2,1H3. The smallest absolute Gasteiger partial charge is 0.361 e. The molecule has 3 aliphatic rings. The van der Waals surface area contributed by atoms with Gasteiger partial charge in [-0.3, -0.25) is 9.69 Å². The van der Waals surface area contributed by atoms with E-state index < -0.39 is 17.8 Å². The van der Waals surface area contributed by atoms with E-state index >= 15 is 0 Å². The summed E-state index contributed by atoms with van der Waals surface area (Å²) in [5, 5.41) is 4.64. The topological polar surface area (TPSA) is 52.0 Å². The molecule has 0 N–H and O–H groups in total. The van der Waals surface area contributed by atoms with E-state index in [2.05, 4.69) is 15.0 Å². The van der Waals surface area contributed by atoms with Crippen molar-refractivity contribution in [2.45, 2.75) is 38.4 Å². The average molecular weight is 435 g/mol.